The molecule has 1 aromatic rings. The highest BCUT2D eigenvalue weighted by Crippen LogP contribution is 1.98. The molecule has 1 heterocycles. The minimum Gasteiger partial charge on any atom is -0.348 e. The third-order valence-corrected chi connectivity index (χ3v) is 1.85. The normalized spacial score (nSPS) is 9.73. The number of carbonyl (C=O) groups excluding carboxylic acids is 1. The first-order valence-electron chi connectivity index (χ1n) is 4.53. The van der Waals surface area contributed by atoms with Crippen molar-refractivity contribution >= 4 is 5.91 Å². The summed E-state index contributed by atoms with van der Waals surface area (Å²) in [4.78, 5) is 29.5. The van der Waals surface area contributed by atoms with Crippen LogP contribution in [0.2, 0.25) is 0 Å². The van der Waals surface area contributed by atoms with Gasteiger partial charge in [-0.3, -0.25) is 9.59 Å². The first-order chi connectivity index (χ1) is 7.06. The summed E-state index contributed by atoms with van der Waals surface area (Å²) in [6.45, 7) is 7.09. The van der Waals surface area contributed by atoms with Crippen LogP contribution < -0.4 is 10.9 Å². The van der Waals surface area contributed by atoms with Crippen molar-refractivity contribution < 1.29 is 4.79 Å². The lowest BCUT2D eigenvalue weighted by atomic mass is 10.2. The van der Waals surface area contributed by atoms with Crippen molar-refractivity contribution in [1.82, 2.24) is 15.3 Å². The lowest BCUT2D eigenvalue weighted by Crippen LogP contribution is -2.31. The third-order valence-electron chi connectivity index (χ3n) is 1.85. The molecule has 1 aromatic heterocycles. The Bertz CT molecular complexity index is 448. The molecule has 0 aliphatic carbocycles. The summed E-state index contributed by atoms with van der Waals surface area (Å²) in [6.07, 6.45) is 1.54. The Morgan fingerprint density at radius 1 is 1.60 bits per heavy atom. The van der Waals surface area contributed by atoms with Crippen molar-refractivity contribution in [3.63, 3.8) is 0 Å². The molecule has 0 bridgehead atoms. The standard InChI is InChI=1S/C10H13N3O2/c1-4-5-11-9(14)8-6(2)12-7(3)13-10(8)15/h4H,1,5H2,2-3H3,(H,11,14)(H,12,13,15). The summed E-state index contributed by atoms with van der Waals surface area (Å²) in [5, 5.41) is 2.53. The van der Waals surface area contributed by atoms with E-state index in [-0.39, 0.29) is 5.56 Å². The molecule has 15 heavy (non-hydrogen) atoms. The minimum atomic E-state index is -0.429. The van der Waals surface area contributed by atoms with Gasteiger partial charge in [-0.1, -0.05) is 6.08 Å². The lowest BCUT2D eigenvalue weighted by molar-refractivity contribution is 0.0955. The van der Waals surface area contributed by atoms with Gasteiger partial charge in [0.25, 0.3) is 11.5 Å². The van der Waals surface area contributed by atoms with Crippen LogP contribution in [0.4, 0.5) is 0 Å². The summed E-state index contributed by atoms with van der Waals surface area (Å²) in [5.74, 6) is 0.0684. The molecule has 0 aliphatic rings. The van der Waals surface area contributed by atoms with Crippen LogP contribution in [0.3, 0.4) is 0 Å². The van der Waals surface area contributed by atoms with Crippen LogP contribution >= 0.6 is 0 Å². The number of H-pyrrole nitrogens is 1. The molecule has 80 valence electrons. The number of hydrogen-bond donors (Lipinski definition) is 2. The molecule has 0 spiro atoms. The zero-order chi connectivity index (χ0) is 11.4. The molecule has 1 rings (SSSR count). The van der Waals surface area contributed by atoms with Crippen LogP contribution in [0.25, 0.3) is 0 Å². The molecule has 0 fully saturated rings. The Labute approximate surface area is 87.2 Å². The van der Waals surface area contributed by atoms with Crippen molar-refractivity contribution in [3.05, 3.63) is 40.1 Å². The maximum absolute atomic E-state index is 11.5. The fourth-order valence-corrected chi connectivity index (χ4v) is 1.25. The van der Waals surface area contributed by atoms with Gasteiger partial charge in [0.1, 0.15) is 11.4 Å². The Morgan fingerprint density at radius 3 is 2.80 bits per heavy atom. The van der Waals surface area contributed by atoms with Gasteiger partial charge in [0.15, 0.2) is 0 Å². The van der Waals surface area contributed by atoms with Gasteiger partial charge < -0.3 is 10.3 Å². The number of nitrogens with zero attached hydrogens (tertiary/aromatic N) is 1. The van der Waals surface area contributed by atoms with E-state index in [4.69, 9.17) is 0 Å². The van der Waals surface area contributed by atoms with Crippen molar-refractivity contribution in [2.45, 2.75) is 13.8 Å². The molecule has 0 atom stereocenters. The second kappa shape index (κ2) is 4.54. The van der Waals surface area contributed by atoms with E-state index in [1.165, 1.54) is 0 Å². The van der Waals surface area contributed by atoms with Gasteiger partial charge in [0.05, 0.1) is 5.69 Å². The summed E-state index contributed by atoms with van der Waals surface area (Å²) in [6, 6.07) is 0. The number of nitrogens with one attached hydrogen (secondary N) is 2. The predicted molar refractivity (Wildman–Crippen MR) is 56.9 cm³/mol. The lowest BCUT2D eigenvalue weighted by Gasteiger charge is -2.04. The number of hydrogen-bond acceptors (Lipinski definition) is 3. The van der Waals surface area contributed by atoms with Crippen molar-refractivity contribution in [2.75, 3.05) is 6.54 Å². The summed E-state index contributed by atoms with van der Waals surface area (Å²) >= 11 is 0. The maximum atomic E-state index is 11.5. The maximum Gasteiger partial charge on any atom is 0.264 e. The number of carbonyl (C=O) groups is 1. The molecular formula is C10H13N3O2. The SMILES string of the molecule is C=CCNC(=O)c1c(C)nc(C)[nH]c1=O. The monoisotopic (exact) mass is 207 g/mol. The number of aryl methyl sites for hydroxylation is 2. The molecule has 2 N–H and O–H groups in total. The Balaban J connectivity index is 3.09. The zero-order valence-corrected chi connectivity index (χ0v) is 8.76. The first kappa shape index (κ1) is 11.2. The van der Waals surface area contributed by atoms with E-state index in [1.54, 1.807) is 19.9 Å². The van der Waals surface area contributed by atoms with Crippen LogP contribution in [-0.2, 0) is 0 Å². The van der Waals surface area contributed by atoms with Gasteiger partial charge >= 0.3 is 0 Å². The molecular weight excluding hydrogens is 194 g/mol. The highest BCUT2D eigenvalue weighted by molar-refractivity contribution is 5.94. The molecule has 0 unspecified atom stereocenters. The van der Waals surface area contributed by atoms with E-state index in [0.29, 0.717) is 18.1 Å². The molecule has 0 aliphatic heterocycles. The van der Waals surface area contributed by atoms with Crippen LogP contribution in [0, 0.1) is 13.8 Å². The highest BCUT2D eigenvalue weighted by atomic mass is 16.2. The summed E-state index contributed by atoms with van der Waals surface area (Å²) in [5.41, 5.74) is 0.0711. The van der Waals surface area contributed by atoms with Gasteiger partial charge in [0.2, 0.25) is 0 Å². The average Bonchev–Trinajstić information content (AvgIpc) is 2.12. The minimum absolute atomic E-state index is 0.0578. The highest BCUT2D eigenvalue weighted by Gasteiger charge is 2.14. The first-order valence-corrected chi connectivity index (χ1v) is 4.53. The molecule has 0 aromatic carbocycles. The number of rotatable bonds is 3. The number of amides is 1. The van der Waals surface area contributed by atoms with Gasteiger partial charge in [-0.25, -0.2) is 4.98 Å². The van der Waals surface area contributed by atoms with Crippen LogP contribution in [0.1, 0.15) is 21.9 Å². The number of aromatic nitrogens is 2. The summed E-state index contributed by atoms with van der Waals surface area (Å²) < 4.78 is 0. The molecule has 0 radical (unpaired) electrons. The van der Waals surface area contributed by atoms with E-state index in [2.05, 4.69) is 21.9 Å². The zero-order valence-electron chi connectivity index (χ0n) is 8.76. The average molecular weight is 207 g/mol. The van der Waals surface area contributed by atoms with Gasteiger partial charge in [-0.2, -0.15) is 0 Å². The second-order valence-electron chi connectivity index (χ2n) is 3.11. The van der Waals surface area contributed by atoms with E-state index in [9.17, 15) is 9.59 Å². The summed E-state index contributed by atoms with van der Waals surface area (Å²) in [7, 11) is 0. The Morgan fingerprint density at radius 2 is 2.27 bits per heavy atom. The molecule has 5 nitrogen and oxygen atoms in total. The molecule has 0 saturated heterocycles. The molecule has 5 heteroatoms. The van der Waals surface area contributed by atoms with Crippen molar-refractivity contribution in [3.8, 4) is 0 Å². The van der Waals surface area contributed by atoms with E-state index < -0.39 is 11.5 Å². The quantitative estimate of drug-likeness (QED) is 0.700. The smallest absolute Gasteiger partial charge is 0.264 e. The van der Waals surface area contributed by atoms with Gasteiger partial charge in [0, 0.05) is 6.54 Å². The largest absolute Gasteiger partial charge is 0.348 e. The van der Waals surface area contributed by atoms with Crippen molar-refractivity contribution in [2.24, 2.45) is 0 Å². The topological polar surface area (TPSA) is 74.8 Å². The van der Waals surface area contributed by atoms with E-state index in [0.717, 1.165) is 0 Å². The number of aromatic amines is 1. The van der Waals surface area contributed by atoms with Crippen LogP contribution in [0.15, 0.2) is 17.4 Å². The molecule has 0 saturated carbocycles. The van der Waals surface area contributed by atoms with E-state index >= 15 is 0 Å². The van der Waals surface area contributed by atoms with Crippen molar-refractivity contribution in [1.29, 1.82) is 0 Å². The predicted octanol–water partition coefficient (Wildman–Crippen LogP) is 0.303. The third kappa shape index (κ3) is 2.52. The van der Waals surface area contributed by atoms with Gasteiger partial charge in [-0.15, -0.1) is 6.58 Å². The van der Waals surface area contributed by atoms with E-state index in [1.807, 2.05) is 0 Å². The Kier molecular flexibility index (Phi) is 3.38. The fraction of sp³-hybridized carbons (Fsp3) is 0.300. The fourth-order valence-electron chi connectivity index (χ4n) is 1.25. The van der Waals surface area contributed by atoms with Crippen LogP contribution in [0.5, 0.6) is 0 Å². The second-order valence-corrected chi connectivity index (χ2v) is 3.11. The van der Waals surface area contributed by atoms with Crippen LogP contribution in [-0.4, -0.2) is 22.4 Å². The Hall–Kier alpha value is -1.91. The molecule has 1 amide bonds. The van der Waals surface area contributed by atoms with Gasteiger partial charge in [-0.05, 0) is 13.8 Å².